The smallest absolute Gasteiger partial charge is 0.353 e. The van der Waals surface area contributed by atoms with Crippen molar-refractivity contribution in [2.45, 2.75) is 39.4 Å². The second-order valence-electron chi connectivity index (χ2n) is 7.47. The van der Waals surface area contributed by atoms with Gasteiger partial charge in [-0.2, -0.15) is 13.2 Å². The maximum Gasteiger partial charge on any atom is 0.417 e. The Morgan fingerprint density at radius 2 is 1.79 bits per heavy atom. The molecular formula is C20H32F3N5O. The third-order valence-electron chi connectivity index (χ3n) is 5.56. The highest BCUT2D eigenvalue weighted by molar-refractivity contribution is 5.82. The SMILES string of the molecule is C/C=C(\C=N/C(=C(C)CC)N1CCN(C(=O)C2CNCCN2C)CC1)C(F)(F)F. The molecule has 1 atom stereocenters. The number of aliphatic imine (C=N–C) groups is 1. The van der Waals surface area contributed by atoms with Crippen LogP contribution in [-0.4, -0.2) is 91.9 Å². The van der Waals surface area contributed by atoms with Crippen LogP contribution in [0.4, 0.5) is 13.2 Å². The molecule has 2 aliphatic heterocycles. The highest BCUT2D eigenvalue weighted by atomic mass is 19.4. The van der Waals surface area contributed by atoms with Crippen LogP contribution < -0.4 is 5.32 Å². The number of nitrogens with zero attached hydrogens (tertiary/aromatic N) is 4. The molecule has 0 aliphatic carbocycles. The molecule has 0 bridgehead atoms. The average Bonchev–Trinajstić information content (AvgIpc) is 2.70. The Bertz CT molecular complexity index is 664. The summed E-state index contributed by atoms with van der Waals surface area (Å²) in [5.41, 5.74) is 0.162. The van der Waals surface area contributed by atoms with Crippen molar-refractivity contribution in [2.24, 2.45) is 4.99 Å². The Kier molecular flexibility index (Phi) is 8.27. The van der Waals surface area contributed by atoms with Gasteiger partial charge in [0, 0.05) is 52.0 Å². The molecule has 1 amide bonds. The van der Waals surface area contributed by atoms with Gasteiger partial charge in [-0.05, 0) is 32.9 Å². The topological polar surface area (TPSA) is 51.2 Å². The molecule has 0 saturated carbocycles. The molecule has 164 valence electrons. The van der Waals surface area contributed by atoms with Gasteiger partial charge >= 0.3 is 6.18 Å². The van der Waals surface area contributed by atoms with Crippen LogP contribution in [0, 0.1) is 0 Å². The van der Waals surface area contributed by atoms with Crippen molar-refractivity contribution in [1.29, 1.82) is 0 Å². The second-order valence-corrected chi connectivity index (χ2v) is 7.47. The van der Waals surface area contributed by atoms with E-state index in [-0.39, 0.29) is 11.9 Å². The van der Waals surface area contributed by atoms with Crippen LogP contribution in [0.15, 0.2) is 28.0 Å². The van der Waals surface area contributed by atoms with Crippen molar-refractivity contribution in [3.63, 3.8) is 0 Å². The van der Waals surface area contributed by atoms with E-state index in [1.807, 2.05) is 30.7 Å². The molecule has 0 aromatic heterocycles. The Morgan fingerprint density at radius 1 is 1.17 bits per heavy atom. The van der Waals surface area contributed by atoms with E-state index in [0.29, 0.717) is 45.0 Å². The molecule has 2 aliphatic rings. The summed E-state index contributed by atoms with van der Waals surface area (Å²) >= 11 is 0. The number of carbonyl (C=O) groups is 1. The van der Waals surface area contributed by atoms with Gasteiger partial charge in [-0.15, -0.1) is 0 Å². The van der Waals surface area contributed by atoms with Crippen LogP contribution in [0.1, 0.15) is 27.2 Å². The maximum absolute atomic E-state index is 13.0. The number of hydrogen-bond donors (Lipinski definition) is 1. The first-order valence-corrected chi connectivity index (χ1v) is 10.1. The maximum atomic E-state index is 13.0. The van der Waals surface area contributed by atoms with Gasteiger partial charge in [-0.25, -0.2) is 4.99 Å². The molecule has 1 N–H and O–H groups in total. The number of piperazine rings is 2. The lowest BCUT2D eigenvalue weighted by Crippen LogP contribution is -2.59. The van der Waals surface area contributed by atoms with Crippen LogP contribution in [-0.2, 0) is 4.79 Å². The summed E-state index contributed by atoms with van der Waals surface area (Å²) < 4.78 is 39.0. The monoisotopic (exact) mass is 415 g/mol. The fourth-order valence-electron chi connectivity index (χ4n) is 3.49. The van der Waals surface area contributed by atoms with Gasteiger partial charge in [-0.1, -0.05) is 13.0 Å². The number of amides is 1. The summed E-state index contributed by atoms with van der Waals surface area (Å²) in [7, 11) is 1.96. The van der Waals surface area contributed by atoms with Crippen LogP contribution >= 0.6 is 0 Å². The molecule has 0 spiro atoms. The van der Waals surface area contributed by atoms with Gasteiger partial charge < -0.3 is 15.1 Å². The van der Waals surface area contributed by atoms with Gasteiger partial charge in [0.25, 0.3) is 0 Å². The van der Waals surface area contributed by atoms with E-state index < -0.39 is 11.7 Å². The van der Waals surface area contributed by atoms with Crippen molar-refractivity contribution in [3.05, 3.63) is 23.0 Å². The van der Waals surface area contributed by atoms with Crippen molar-refractivity contribution < 1.29 is 18.0 Å². The lowest BCUT2D eigenvalue weighted by molar-refractivity contribution is -0.138. The minimum Gasteiger partial charge on any atom is -0.353 e. The molecule has 29 heavy (non-hydrogen) atoms. The Morgan fingerprint density at radius 3 is 2.31 bits per heavy atom. The summed E-state index contributed by atoms with van der Waals surface area (Å²) in [6, 6.07) is -0.162. The highest BCUT2D eigenvalue weighted by Crippen LogP contribution is 2.25. The predicted octanol–water partition coefficient (Wildman–Crippen LogP) is 2.26. The fourth-order valence-corrected chi connectivity index (χ4v) is 3.49. The Hall–Kier alpha value is -1.87. The van der Waals surface area contributed by atoms with Crippen LogP contribution in [0.3, 0.4) is 0 Å². The lowest BCUT2D eigenvalue weighted by atomic mass is 10.1. The number of allylic oxidation sites excluding steroid dienone is 3. The van der Waals surface area contributed by atoms with Crippen molar-refractivity contribution in [3.8, 4) is 0 Å². The number of carbonyl (C=O) groups excluding carboxylic acids is 1. The van der Waals surface area contributed by atoms with E-state index in [1.54, 1.807) is 0 Å². The standard InChI is InChI=1S/C20H32F3N5O/c1-5-15(3)18(25-13-16(6-2)20(21,22)23)27-9-11-28(12-10-27)19(29)17-14-24-7-8-26(17)4/h6,13,17,24H,5,7-12,14H2,1-4H3/b16-6+,18-15?,25-13-. The highest BCUT2D eigenvalue weighted by Gasteiger charge is 2.33. The average molecular weight is 416 g/mol. The summed E-state index contributed by atoms with van der Waals surface area (Å²) in [6.45, 7) is 9.73. The van der Waals surface area contributed by atoms with Gasteiger partial charge in [0.1, 0.15) is 11.9 Å². The summed E-state index contributed by atoms with van der Waals surface area (Å²) in [5, 5.41) is 3.26. The molecule has 1 unspecified atom stereocenters. The van der Waals surface area contributed by atoms with Crippen LogP contribution in [0.5, 0.6) is 0 Å². The van der Waals surface area contributed by atoms with E-state index >= 15 is 0 Å². The molecular weight excluding hydrogens is 383 g/mol. The third kappa shape index (κ3) is 6.05. The first-order valence-electron chi connectivity index (χ1n) is 10.1. The summed E-state index contributed by atoms with van der Waals surface area (Å²) in [4.78, 5) is 22.9. The first kappa shape index (κ1) is 23.4. The predicted molar refractivity (Wildman–Crippen MR) is 109 cm³/mol. The Balaban J connectivity index is 2.06. The Labute approximate surface area is 171 Å². The molecule has 9 heteroatoms. The molecule has 2 fully saturated rings. The quantitative estimate of drug-likeness (QED) is 0.700. The summed E-state index contributed by atoms with van der Waals surface area (Å²) in [6.07, 6.45) is -1.81. The van der Waals surface area contributed by atoms with Crippen molar-refractivity contribution >= 4 is 12.1 Å². The number of nitrogens with one attached hydrogen (secondary N) is 1. The van der Waals surface area contributed by atoms with E-state index in [1.165, 1.54) is 6.92 Å². The number of halogens is 3. The van der Waals surface area contributed by atoms with Gasteiger partial charge in [0.15, 0.2) is 0 Å². The molecule has 2 heterocycles. The van der Waals surface area contributed by atoms with E-state index in [4.69, 9.17) is 0 Å². The number of rotatable bonds is 5. The molecule has 6 nitrogen and oxygen atoms in total. The molecule has 2 rings (SSSR count). The number of likely N-dealkylation sites (N-methyl/N-ethyl adjacent to an activating group) is 1. The van der Waals surface area contributed by atoms with E-state index in [0.717, 1.165) is 31.0 Å². The van der Waals surface area contributed by atoms with E-state index in [9.17, 15) is 18.0 Å². The number of alkyl halides is 3. The molecule has 0 aromatic carbocycles. The zero-order chi connectivity index (χ0) is 21.6. The van der Waals surface area contributed by atoms with Crippen molar-refractivity contribution in [1.82, 2.24) is 20.0 Å². The van der Waals surface area contributed by atoms with Gasteiger partial charge in [0.05, 0.1) is 5.57 Å². The molecule has 0 aromatic rings. The van der Waals surface area contributed by atoms with Gasteiger partial charge in [-0.3, -0.25) is 9.69 Å². The van der Waals surface area contributed by atoms with Crippen LogP contribution in [0.2, 0.25) is 0 Å². The van der Waals surface area contributed by atoms with Gasteiger partial charge in [0.2, 0.25) is 5.91 Å². The third-order valence-corrected chi connectivity index (χ3v) is 5.56. The second kappa shape index (κ2) is 10.2. The lowest BCUT2D eigenvalue weighted by Gasteiger charge is -2.40. The minimum atomic E-state index is -4.42. The van der Waals surface area contributed by atoms with E-state index in [2.05, 4.69) is 15.2 Å². The fraction of sp³-hybridized carbons (Fsp3) is 0.700. The van der Waals surface area contributed by atoms with Crippen molar-refractivity contribution in [2.75, 3.05) is 52.9 Å². The largest absolute Gasteiger partial charge is 0.417 e. The number of hydrogen-bond acceptors (Lipinski definition) is 5. The zero-order valence-corrected chi connectivity index (χ0v) is 17.7. The first-order chi connectivity index (χ1) is 13.7. The molecule has 2 saturated heterocycles. The van der Waals surface area contributed by atoms with Crippen LogP contribution in [0.25, 0.3) is 0 Å². The zero-order valence-electron chi connectivity index (χ0n) is 17.7. The minimum absolute atomic E-state index is 0.105. The summed E-state index contributed by atoms with van der Waals surface area (Å²) in [5.74, 6) is 0.675. The molecule has 0 radical (unpaired) electrons. The normalized spacial score (nSPS) is 23.6.